The second-order valence-electron chi connectivity index (χ2n) is 8.33. The number of hydrogen-bond donors (Lipinski definition) is 0. The van der Waals surface area contributed by atoms with Gasteiger partial charge in [0.15, 0.2) is 0 Å². The Morgan fingerprint density at radius 2 is 1.41 bits per heavy atom. The maximum atomic E-state index is 12.4. The highest BCUT2D eigenvalue weighted by Gasteiger charge is 2.45. The molecule has 22 heavy (non-hydrogen) atoms. The summed E-state index contributed by atoms with van der Waals surface area (Å²) < 4.78 is 0. The quantitative estimate of drug-likeness (QED) is 0.465. The molecule has 2 aliphatic rings. The molecule has 0 amide bonds. The van der Waals surface area contributed by atoms with E-state index >= 15 is 0 Å². The minimum atomic E-state index is 0.0306. The molecule has 0 aliphatic heterocycles. The molecule has 0 saturated heterocycles. The van der Waals surface area contributed by atoms with Gasteiger partial charge in [-0.3, -0.25) is 0 Å². The first-order chi connectivity index (χ1) is 10.7. The van der Waals surface area contributed by atoms with Crippen LogP contribution in [-0.4, -0.2) is 6.29 Å². The zero-order valence-electron chi connectivity index (χ0n) is 15.1. The molecule has 1 atom stereocenters. The first-order valence-corrected chi connectivity index (χ1v) is 10.2. The van der Waals surface area contributed by atoms with E-state index in [0.717, 1.165) is 5.92 Å². The molecule has 128 valence electrons. The van der Waals surface area contributed by atoms with Gasteiger partial charge in [0.1, 0.15) is 6.29 Å². The molecule has 0 aromatic rings. The zero-order valence-corrected chi connectivity index (χ0v) is 15.1. The molecule has 2 rings (SSSR count). The molecule has 0 N–H and O–H groups in total. The maximum Gasteiger partial charge on any atom is 0.126 e. The predicted octanol–water partition coefficient (Wildman–Crippen LogP) is 6.55. The standard InChI is InChI=1S/C21H38O/c1-3-10-18(2)15-16-21(17-22,19-11-6-4-7-12-19)20-13-8-5-9-14-20/h17-20H,3-16H2,1-2H3. The molecule has 2 aliphatic carbocycles. The second kappa shape index (κ2) is 9.08. The summed E-state index contributed by atoms with van der Waals surface area (Å²) in [5.74, 6) is 2.17. The van der Waals surface area contributed by atoms with Crippen LogP contribution in [0.2, 0.25) is 0 Å². The van der Waals surface area contributed by atoms with E-state index in [1.165, 1.54) is 96.2 Å². The van der Waals surface area contributed by atoms with Crippen LogP contribution in [0, 0.1) is 23.2 Å². The van der Waals surface area contributed by atoms with E-state index in [1.807, 2.05) is 0 Å². The van der Waals surface area contributed by atoms with Gasteiger partial charge in [0.2, 0.25) is 0 Å². The van der Waals surface area contributed by atoms with Crippen molar-refractivity contribution < 1.29 is 4.79 Å². The summed E-state index contributed by atoms with van der Waals surface area (Å²) in [5.41, 5.74) is 0.0306. The molecular formula is C21H38O. The van der Waals surface area contributed by atoms with Gasteiger partial charge in [-0.1, -0.05) is 65.2 Å². The summed E-state index contributed by atoms with van der Waals surface area (Å²) >= 11 is 0. The van der Waals surface area contributed by atoms with Crippen LogP contribution in [0.3, 0.4) is 0 Å². The molecule has 0 aromatic heterocycles. The maximum absolute atomic E-state index is 12.4. The Morgan fingerprint density at radius 3 is 1.82 bits per heavy atom. The lowest BCUT2D eigenvalue weighted by atomic mass is 9.57. The molecule has 2 saturated carbocycles. The van der Waals surface area contributed by atoms with E-state index in [1.54, 1.807) is 0 Å². The van der Waals surface area contributed by atoms with Crippen molar-refractivity contribution in [1.82, 2.24) is 0 Å². The number of aldehydes is 1. The van der Waals surface area contributed by atoms with Gasteiger partial charge in [0.25, 0.3) is 0 Å². The van der Waals surface area contributed by atoms with E-state index in [0.29, 0.717) is 11.8 Å². The third-order valence-corrected chi connectivity index (χ3v) is 6.80. The van der Waals surface area contributed by atoms with Gasteiger partial charge in [-0.15, -0.1) is 0 Å². The fraction of sp³-hybridized carbons (Fsp3) is 0.952. The zero-order chi connectivity index (χ0) is 15.8. The average molecular weight is 307 g/mol. The topological polar surface area (TPSA) is 17.1 Å². The van der Waals surface area contributed by atoms with Crippen molar-refractivity contribution in [2.45, 2.75) is 104 Å². The third kappa shape index (κ3) is 4.36. The Labute approximate surface area is 138 Å². The number of carbonyl (C=O) groups is 1. The normalized spacial score (nSPS) is 23.4. The summed E-state index contributed by atoms with van der Waals surface area (Å²) in [7, 11) is 0. The summed E-state index contributed by atoms with van der Waals surface area (Å²) in [6.07, 6.45) is 20.0. The largest absolute Gasteiger partial charge is 0.303 e. The Morgan fingerprint density at radius 1 is 0.909 bits per heavy atom. The summed E-state index contributed by atoms with van der Waals surface area (Å²) in [6, 6.07) is 0. The molecule has 2 fully saturated rings. The minimum absolute atomic E-state index is 0.0306. The highest BCUT2D eigenvalue weighted by molar-refractivity contribution is 5.61. The Balaban J connectivity index is 2.10. The van der Waals surface area contributed by atoms with Crippen molar-refractivity contribution in [3.05, 3.63) is 0 Å². The second-order valence-corrected chi connectivity index (χ2v) is 8.33. The molecule has 0 bridgehead atoms. The molecule has 0 spiro atoms. The number of rotatable bonds is 8. The van der Waals surface area contributed by atoms with E-state index in [9.17, 15) is 4.79 Å². The minimum Gasteiger partial charge on any atom is -0.303 e. The highest BCUT2D eigenvalue weighted by atomic mass is 16.1. The van der Waals surface area contributed by atoms with Crippen LogP contribution >= 0.6 is 0 Å². The van der Waals surface area contributed by atoms with Crippen molar-refractivity contribution in [2.75, 3.05) is 0 Å². The molecule has 1 nitrogen and oxygen atoms in total. The lowest BCUT2D eigenvalue weighted by Crippen LogP contribution is -2.42. The van der Waals surface area contributed by atoms with Gasteiger partial charge >= 0.3 is 0 Å². The van der Waals surface area contributed by atoms with Crippen LogP contribution in [-0.2, 0) is 4.79 Å². The van der Waals surface area contributed by atoms with Crippen LogP contribution < -0.4 is 0 Å². The smallest absolute Gasteiger partial charge is 0.126 e. The van der Waals surface area contributed by atoms with Crippen molar-refractivity contribution >= 4 is 6.29 Å². The van der Waals surface area contributed by atoms with Gasteiger partial charge < -0.3 is 4.79 Å². The lowest BCUT2D eigenvalue weighted by Gasteiger charge is -2.46. The van der Waals surface area contributed by atoms with Crippen LogP contribution in [0.25, 0.3) is 0 Å². The van der Waals surface area contributed by atoms with E-state index in [4.69, 9.17) is 0 Å². The Bertz CT molecular complexity index is 292. The van der Waals surface area contributed by atoms with Crippen molar-refractivity contribution in [2.24, 2.45) is 23.2 Å². The lowest BCUT2D eigenvalue weighted by molar-refractivity contribution is -0.126. The van der Waals surface area contributed by atoms with Crippen LogP contribution in [0.1, 0.15) is 104 Å². The third-order valence-electron chi connectivity index (χ3n) is 6.80. The predicted molar refractivity (Wildman–Crippen MR) is 95.0 cm³/mol. The Kier molecular flexibility index (Phi) is 7.44. The molecule has 0 radical (unpaired) electrons. The van der Waals surface area contributed by atoms with Gasteiger partial charge in [0.05, 0.1) is 0 Å². The molecule has 0 heterocycles. The highest BCUT2D eigenvalue weighted by Crippen LogP contribution is 2.50. The van der Waals surface area contributed by atoms with E-state index in [2.05, 4.69) is 13.8 Å². The fourth-order valence-corrected chi connectivity index (χ4v) is 5.41. The van der Waals surface area contributed by atoms with Crippen molar-refractivity contribution in [3.63, 3.8) is 0 Å². The van der Waals surface area contributed by atoms with Gasteiger partial charge in [0, 0.05) is 5.41 Å². The monoisotopic (exact) mass is 306 g/mol. The van der Waals surface area contributed by atoms with Crippen LogP contribution in [0.5, 0.6) is 0 Å². The van der Waals surface area contributed by atoms with Gasteiger partial charge in [-0.05, 0) is 56.3 Å². The van der Waals surface area contributed by atoms with Crippen LogP contribution in [0.15, 0.2) is 0 Å². The van der Waals surface area contributed by atoms with Gasteiger partial charge in [-0.2, -0.15) is 0 Å². The molecule has 1 heteroatoms. The average Bonchev–Trinajstić information content (AvgIpc) is 2.58. The van der Waals surface area contributed by atoms with E-state index < -0.39 is 0 Å². The number of carbonyl (C=O) groups excluding carboxylic acids is 1. The Hall–Kier alpha value is -0.330. The molecule has 0 aromatic carbocycles. The first kappa shape index (κ1) is 18.0. The fourth-order valence-electron chi connectivity index (χ4n) is 5.41. The molecule has 1 unspecified atom stereocenters. The van der Waals surface area contributed by atoms with Crippen molar-refractivity contribution in [3.8, 4) is 0 Å². The van der Waals surface area contributed by atoms with E-state index in [-0.39, 0.29) is 5.41 Å². The first-order valence-electron chi connectivity index (χ1n) is 10.2. The summed E-state index contributed by atoms with van der Waals surface area (Å²) in [6.45, 7) is 4.67. The molecular weight excluding hydrogens is 268 g/mol. The van der Waals surface area contributed by atoms with Crippen molar-refractivity contribution in [1.29, 1.82) is 0 Å². The van der Waals surface area contributed by atoms with Gasteiger partial charge in [-0.25, -0.2) is 0 Å². The number of hydrogen-bond acceptors (Lipinski definition) is 1. The summed E-state index contributed by atoms with van der Waals surface area (Å²) in [5, 5.41) is 0. The van der Waals surface area contributed by atoms with Crippen LogP contribution in [0.4, 0.5) is 0 Å². The summed E-state index contributed by atoms with van der Waals surface area (Å²) in [4.78, 5) is 12.4. The SMILES string of the molecule is CCCC(C)CCC(C=O)(C1CCCCC1)C1CCCCC1.